The van der Waals surface area contributed by atoms with Gasteiger partial charge in [0, 0.05) is 22.0 Å². The summed E-state index contributed by atoms with van der Waals surface area (Å²) in [5.41, 5.74) is -1.29. The number of benzene rings is 2. The van der Waals surface area contributed by atoms with Crippen LogP contribution in [0.2, 0.25) is 15.1 Å². The summed E-state index contributed by atoms with van der Waals surface area (Å²) in [5.74, 6) is -3.02. The Bertz CT molecular complexity index is 1060. The van der Waals surface area contributed by atoms with Crippen molar-refractivity contribution in [2.45, 2.75) is 50.6 Å². The van der Waals surface area contributed by atoms with Crippen LogP contribution in [0.15, 0.2) is 36.4 Å². The van der Waals surface area contributed by atoms with Crippen LogP contribution in [0.3, 0.4) is 0 Å². The van der Waals surface area contributed by atoms with Crippen molar-refractivity contribution in [1.29, 1.82) is 5.26 Å². The number of nitrogens with zero attached hydrogens (tertiary/aromatic N) is 1. The van der Waals surface area contributed by atoms with E-state index in [0.717, 1.165) is 0 Å². The number of nitrogens with one attached hydrogen (secondary N) is 1. The van der Waals surface area contributed by atoms with Gasteiger partial charge in [0.25, 0.3) is 0 Å². The zero-order valence-corrected chi connectivity index (χ0v) is 19.5. The van der Waals surface area contributed by atoms with Crippen LogP contribution in [-0.2, 0) is 10.2 Å². The van der Waals surface area contributed by atoms with E-state index in [9.17, 15) is 15.2 Å². The molecule has 4 atom stereocenters. The summed E-state index contributed by atoms with van der Waals surface area (Å²) in [6.45, 7) is 5.97. The van der Waals surface area contributed by atoms with Gasteiger partial charge in [-0.1, -0.05) is 73.8 Å². The molecule has 1 fully saturated rings. The molecule has 1 aliphatic rings. The van der Waals surface area contributed by atoms with E-state index in [1.165, 1.54) is 18.2 Å². The van der Waals surface area contributed by atoms with Crippen molar-refractivity contribution < 1.29 is 14.3 Å². The highest BCUT2D eigenvalue weighted by molar-refractivity contribution is 6.35. The fourth-order valence-electron chi connectivity index (χ4n) is 4.54. The summed E-state index contributed by atoms with van der Waals surface area (Å²) in [7, 11) is 0. The molecule has 0 aliphatic carbocycles. The third kappa shape index (κ3) is 4.27. The van der Waals surface area contributed by atoms with Crippen LogP contribution in [0.25, 0.3) is 0 Å². The Morgan fingerprint density at radius 3 is 2.45 bits per heavy atom. The van der Waals surface area contributed by atoms with Crippen molar-refractivity contribution in [3.05, 3.63) is 68.4 Å². The van der Waals surface area contributed by atoms with Gasteiger partial charge in [-0.2, -0.15) is 5.26 Å². The molecule has 0 saturated carbocycles. The molecule has 31 heavy (non-hydrogen) atoms. The number of carboxylic acid groups (broad SMARTS) is 1. The second kappa shape index (κ2) is 8.60. The number of rotatable bonds is 4. The van der Waals surface area contributed by atoms with E-state index in [1.807, 2.05) is 20.8 Å². The monoisotopic (exact) mass is 482 g/mol. The van der Waals surface area contributed by atoms with Crippen LogP contribution >= 0.6 is 34.8 Å². The Morgan fingerprint density at radius 2 is 1.90 bits per heavy atom. The highest BCUT2D eigenvalue weighted by Crippen LogP contribution is 2.53. The molecule has 1 saturated heterocycles. The van der Waals surface area contributed by atoms with Gasteiger partial charge in [-0.15, -0.1) is 0 Å². The molecule has 2 aromatic carbocycles. The molecule has 0 bridgehead atoms. The Balaban J connectivity index is 2.38. The zero-order chi connectivity index (χ0) is 23.1. The number of halogens is 4. The van der Waals surface area contributed by atoms with E-state index in [4.69, 9.17) is 34.8 Å². The maximum absolute atomic E-state index is 15.2. The average molecular weight is 484 g/mol. The van der Waals surface area contributed by atoms with Gasteiger partial charge in [0.2, 0.25) is 0 Å². The van der Waals surface area contributed by atoms with Gasteiger partial charge < -0.3 is 5.11 Å². The Morgan fingerprint density at radius 1 is 1.23 bits per heavy atom. The lowest BCUT2D eigenvalue weighted by Crippen LogP contribution is -2.44. The van der Waals surface area contributed by atoms with Gasteiger partial charge in [-0.05, 0) is 41.2 Å². The minimum absolute atomic E-state index is 0.0522. The Kier molecular flexibility index (Phi) is 6.60. The highest BCUT2D eigenvalue weighted by atomic mass is 35.5. The lowest BCUT2D eigenvalue weighted by Gasteiger charge is -2.37. The smallest absolute Gasteiger partial charge is 0.321 e. The van der Waals surface area contributed by atoms with E-state index in [0.29, 0.717) is 17.0 Å². The first-order valence-corrected chi connectivity index (χ1v) is 10.9. The third-order valence-corrected chi connectivity index (χ3v) is 6.55. The number of carbonyl (C=O) groups is 1. The van der Waals surface area contributed by atoms with Crippen molar-refractivity contribution >= 4 is 40.8 Å². The molecular formula is C23H22Cl3FN2O2. The minimum Gasteiger partial charge on any atom is -0.480 e. The SMILES string of the molecule is CC(C)(C)CC1NC(C(=O)O)C(c2cccc(Cl)c2F)C1(C#N)c1ccc(Cl)cc1Cl. The lowest BCUT2D eigenvalue weighted by molar-refractivity contribution is -0.139. The Hall–Kier alpha value is -1.84. The summed E-state index contributed by atoms with van der Waals surface area (Å²) in [6.07, 6.45) is 0.446. The predicted octanol–water partition coefficient (Wildman–Crippen LogP) is 6.19. The largest absolute Gasteiger partial charge is 0.480 e. The molecule has 0 aromatic heterocycles. The number of carboxylic acids is 1. The summed E-state index contributed by atoms with van der Waals surface area (Å²) in [5, 5.41) is 24.2. The number of nitriles is 1. The van der Waals surface area contributed by atoms with Crippen LogP contribution in [0.1, 0.15) is 44.2 Å². The molecule has 8 heteroatoms. The number of hydrogen-bond acceptors (Lipinski definition) is 3. The third-order valence-electron chi connectivity index (χ3n) is 5.72. The van der Waals surface area contributed by atoms with Gasteiger partial charge in [0.05, 0.1) is 11.1 Å². The molecule has 0 amide bonds. The van der Waals surface area contributed by atoms with E-state index in [2.05, 4.69) is 11.4 Å². The maximum atomic E-state index is 15.2. The first kappa shape index (κ1) is 23.8. The fourth-order valence-corrected chi connectivity index (χ4v) is 5.29. The highest BCUT2D eigenvalue weighted by Gasteiger charge is 2.61. The van der Waals surface area contributed by atoms with Gasteiger partial charge in [-0.25, -0.2) is 4.39 Å². The number of hydrogen-bond donors (Lipinski definition) is 2. The van der Waals surface area contributed by atoms with Crippen molar-refractivity contribution in [2.24, 2.45) is 5.41 Å². The van der Waals surface area contributed by atoms with Crippen LogP contribution < -0.4 is 5.32 Å². The van der Waals surface area contributed by atoms with Gasteiger partial charge in [0.15, 0.2) is 0 Å². The molecular weight excluding hydrogens is 462 g/mol. The van der Waals surface area contributed by atoms with Crippen molar-refractivity contribution in [3.63, 3.8) is 0 Å². The quantitative estimate of drug-likeness (QED) is 0.543. The first-order valence-electron chi connectivity index (χ1n) is 9.72. The minimum atomic E-state index is -1.48. The molecule has 1 heterocycles. The molecule has 4 nitrogen and oxygen atoms in total. The molecule has 0 radical (unpaired) electrons. The summed E-state index contributed by atoms with van der Waals surface area (Å²) >= 11 is 18.6. The van der Waals surface area contributed by atoms with Crippen molar-refractivity contribution in [2.75, 3.05) is 0 Å². The average Bonchev–Trinajstić information content (AvgIpc) is 2.97. The molecule has 4 unspecified atom stereocenters. The first-order chi connectivity index (χ1) is 14.4. The number of aliphatic carboxylic acids is 1. The van der Waals surface area contributed by atoms with Crippen LogP contribution in [0, 0.1) is 22.6 Å². The molecule has 0 spiro atoms. The molecule has 2 aromatic rings. The second-order valence-electron chi connectivity index (χ2n) is 9.03. The van der Waals surface area contributed by atoms with E-state index >= 15 is 4.39 Å². The topological polar surface area (TPSA) is 73.1 Å². The van der Waals surface area contributed by atoms with E-state index in [1.54, 1.807) is 18.2 Å². The molecule has 164 valence electrons. The normalized spacial score (nSPS) is 25.9. The van der Waals surface area contributed by atoms with Crippen LogP contribution in [0.4, 0.5) is 4.39 Å². The van der Waals surface area contributed by atoms with Crippen molar-refractivity contribution in [1.82, 2.24) is 5.32 Å². The molecule has 1 aliphatic heterocycles. The van der Waals surface area contributed by atoms with E-state index in [-0.39, 0.29) is 21.0 Å². The molecule has 3 rings (SSSR count). The predicted molar refractivity (Wildman–Crippen MR) is 120 cm³/mol. The molecule has 2 N–H and O–H groups in total. The Labute approximate surface area is 195 Å². The summed E-state index contributed by atoms with van der Waals surface area (Å²) in [4.78, 5) is 12.3. The fraction of sp³-hybridized carbons (Fsp3) is 0.391. The summed E-state index contributed by atoms with van der Waals surface area (Å²) < 4.78 is 15.2. The second-order valence-corrected chi connectivity index (χ2v) is 10.3. The summed E-state index contributed by atoms with van der Waals surface area (Å²) in [6, 6.07) is 9.60. The van der Waals surface area contributed by atoms with Crippen LogP contribution in [0.5, 0.6) is 0 Å². The van der Waals surface area contributed by atoms with Crippen LogP contribution in [-0.4, -0.2) is 23.2 Å². The van der Waals surface area contributed by atoms with Gasteiger partial charge >= 0.3 is 5.97 Å². The lowest BCUT2D eigenvalue weighted by atomic mass is 9.63. The standard InChI is InChI=1S/C23H22Cl3FN2O2/c1-22(2,3)10-17-23(11-28,14-8-7-12(24)9-16(14)26)18(20(29-17)21(30)31)13-5-4-6-15(25)19(13)27/h4-9,17-18,20,29H,10H2,1-3H3,(H,30,31). The maximum Gasteiger partial charge on any atom is 0.321 e. The van der Waals surface area contributed by atoms with E-state index < -0.39 is 35.2 Å². The van der Waals surface area contributed by atoms with Crippen molar-refractivity contribution in [3.8, 4) is 6.07 Å². The van der Waals surface area contributed by atoms with Gasteiger partial charge in [0.1, 0.15) is 17.3 Å². The van der Waals surface area contributed by atoms with Gasteiger partial charge in [-0.3, -0.25) is 10.1 Å². The zero-order valence-electron chi connectivity index (χ0n) is 17.2.